The Bertz CT molecular complexity index is 494. The van der Waals surface area contributed by atoms with Gasteiger partial charge in [0.1, 0.15) is 11.5 Å². The fourth-order valence-electron chi connectivity index (χ4n) is 1.63. The van der Waals surface area contributed by atoms with Gasteiger partial charge in [-0.3, -0.25) is 0 Å². The number of methoxy groups -OCH3 is 2. The largest absolute Gasteiger partial charge is 0.497 e. The van der Waals surface area contributed by atoms with Crippen molar-refractivity contribution in [1.82, 2.24) is 0 Å². The second kappa shape index (κ2) is 3.69. The van der Waals surface area contributed by atoms with E-state index in [9.17, 15) is 0 Å². The van der Waals surface area contributed by atoms with Crippen LogP contribution in [0.1, 0.15) is 0 Å². The first-order chi connectivity index (χ1) is 7.24. The number of hydrogen-bond acceptors (Lipinski definition) is 3. The minimum Gasteiger partial charge on any atom is -0.497 e. The van der Waals surface area contributed by atoms with Gasteiger partial charge >= 0.3 is 0 Å². The van der Waals surface area contributed by atoms with Crippen LogP contribution in [0.15, 0.2) is 30.3 Å². The van der Waals surface area contributed by atoms with Crippen LogP contribution in [0, 0.1) is 0 Å². The molecule has 2 aromatic carbocycles. The maximum Gasteiger partial charge on any atom is 0.128 e. The maximum absolute atomic E-state index is 5.77. The third-order valence-corrected chi connectivity index (χ3v) is 2.36. The third-order valence-electron chi connectivity index (χ3n) is 2.36. The molecule has 0 bridgehead atoms. The quantitative estimate of drug-likeness (QED) is 0.762. The third kappa shape index (κ3) is 1.68. The van der Waals surface area contributed by atoms with Gasteiger partial charge in [-0.05, 0) is 29.7 Å². The van der Waals surface area contributed by atoms with E-state index in [1.807, 2.05) is 30.3 Å². The molecule has 0 aromatic heterocycles. The standard InChI is InChI=1S/C12H13NO2/c1-14-10-3-4-11-8(6-10)5-9(13)7-12(11)15-2/h3-7H,13H2,1-2H3. The van der Waals surface area contributed by atoms with Gasteiger partial charge in [0.25, 0.3) is 0 Å². The van der Waals surface area contributed by atoms with Crippen LogP contribution in [-0.2, 0) is 0 Å². The highest BCUT2D eigenvalue weighted by atomic mass is 16.5. The van der Waals surface area contributed by atoms with Crippen LogP contribution in [-0.4, -0.2) is 14.2 Å². The summed E-state index contributed by atoms with van der Waals surface area (Å²) in [6.45, 7) is 0. The van der Waals surface area contributed by atoms with Gasteiger partial charge in [-0.25, -0.2) is 0 Å². The molecule has 0 amide bonds. The molecule has 2 aromatic rings. The Morgan fingerprint density at radius 1 is 1.00 bits per heavy atom. The van der Waals surface area contributed by atoms with Crippen LogP contribution < -0.4 is 15.2 Å². The zero-order chi connectivity index (χ0) is 10.8. The van der Waals surface area contributed by atoms with Gasteiger partial charge < -0.3 is 15.2 Å². The Morgan fingerprint density at radius 2 is 1.80 bits per heavy atom. The minimum atomic E-state index is 0.688. The summed E-state index contributed by atoms with van der Waals surface area (Å²) < 4.78 is 10.4. The van der Waals surface area contributed by atoms with E-state index in [-0.39, 0.29) is 0 Å². The van der Waals surface area contributed by atoms with Gasteiger partial charge in [0.15, 0.2) is 0 Å². The molecule has 0 aliphatic rings. The topological polar surface area (TPSA) is 44.5 Å². The second-order valence-corrected chi connectivity index (χ2v) is 3.31. The number of rotatable bonds is 2. The van der Waals surface area contributed by atoms with Crippen molar-refractivity contribution >= 4 is 16.5 Å². The number of fused-ring (bicyclic) bond motifs is 1. The van der Waals surface area contributed by atoms with E-state index in [2.05, 4.69) is 0 Å². The molecular weight excluding hydrogens is 190 g/mol. The first-order valence-electron chi connectivity index (χ1n) is 4.66. The highest BCUT2D eigenvalue weighted by Gasteiger charge is 2.03. The number of hydrogen-bond donors (Lipinski definition) is 1. The lowest BCUT2D eigenvalue weighted by Crippen LogP contribution is -1.90. The summed E-state index contributed by atoms with van der Waals surface area (Å²) in [7, 11) is 3.28. The highest BCUT2D eigenvalue weighted by Crippen LogP contribution is 2.31. The summed E-state index contributed by atoms with van der Waals surface area (Å²) in [5, 5.41) is 2.05. The van der Waals surface area contributed by atoms with E-state index < -0.39 is 0 Å². The van der Waals surface area contributed by atoms with Gasteiger partial charge in [-0.15, -0.1) is 0 Å². The minimum absolute atomic E-state index is 0.688. The fraction of sp³-hybridized carbons (Fsp3) is 0.167. The molecule has 78 valence electrons. The smallest absolute Gasteiger partial charge is 0.128 e. The van der Waals surface area contributed by atoms with E-state index >= 15 is 0 Å². The predicted molar refractivity (Wildman–Crippen MR) is 61.5 cm³/mol. The van der Waals surface area contributed by atoms with Crippen molar-refractivity contribution in [2.75, 3.05) is 20.0 Å². The molecule has 0 spiro atoms. The number of anilines is 1. The van der Waals surface area contributed by atoms with E-state index in [4.69, 9.17) is 15.2 Å². The molecule has 0 radical (unpaired) electrons. The van der Waals surface area contributed by atoms with Crippen molar-refractivity contribution in [3.05, 3.63) is 30.3 Å². The van der Waals surface area contributed by atoms with Gasteiger partial charge in [0.2, 0.25) is 0 Å². The van der Waals surface area contributed by atoms with Crippen LogP contribution in [0.25, 0.3) is 10.8 Å². The summed E-state index contributed by atoms with van der Waals surface area (Å²) >= 11 is 0. The Balaban J connectivity index is 2.72. The van der Waals surface area contributed by atoms with Crippen molar-refractivity contribution in [3.8, 4) is 11.5 Å². The fourth-order valence-corrected chi connectivity index (χ4v) is 1.63. The molecule has 0 saturated heterocycles. The van der Waals surface area contributed by atoms with Crippen molar-refractivity contribution in [2.24, 2.45) is 0 Å². The van der Waals surface area contributed by atoms with E-state index in [0.717, 1.165) is 22.3 Å². The second-order valence-electron chi connectivity index (χ2n) is 3.31. The van der Waals surface area contributed by atoms with Crippen molar-refractivity contribution in [3.63, 3.8) is 0 Å². The molecule has 0 aliphatic carbocycles. The average molecular weight is 203 g/mol. The lowest BCUT2D eigenvalue weighted by molar-refractivity contribution is 0.414. The van der Waals surface area contributed by atoms with Crippen LogP contribution in [0.4, 0.5) is 5.69 Å². The SMILES string of the molecule is COc1ccc2c(OC)cc(N)cc2c1. The van der Waals surface area contributed by atoms with Gasteiger partial charge in [0.05, 0.1) is 14.2 Å². The Morgan fingerprint density at radius 3 is 2.47 bits per heavy atom. The first-order valence-corrected chi connectivity index (χ1v) is 4.66. The average Bonchev–Trinajstić information content (AvgIpc) is 2.26. The van der Waals surface area contributed by atoms with E-state index in [1.165, 1.54) is 0 Å². The lowest BCUT2D eigenvalue weighted by Gasteiger charge is -2.08. The molecular formula is C12H13NO2. The maximum atomic E-state index is 5.77. The Labute approximate surface area is 88.4 Å². The predicted octanol–water partition coefficient (Wildman–Crippen LogP) is 2.44. The zero-order valence-electron chi connectivity index (χ0n) is 8.78. The molecule has 0 unspecified atom stereocenters. The van der Waals surface area contributed by atoms with Gasteiger partial charge in [0, 0.05) is 17.1 Å². The molecule has 0 fully saturated rings. The molecule has 15 heavy (non-hydrogen) atoms. The summed E-state index contributed by atoms with van der Waals surface area (Å²) in [6.07, 6.45) is 0. The Kier molecular flexibility index (Phi) is 2.37. The molecule has 0 aliphatic heterocycles. The molecule has 2 rings (SSSR count). The monoisotopic (exact) mass is 203 g/mol. The van der Waals surface area contributed by atoms with Crippen LogP contribution >= 0.6 is 0 Å². The van der Waals surface area contributed by atoms with E-state index in [0.29, 0.717) is 5.69 Å². The van der Waals surface area contributed by atoms with Crippen molar-refractivity contribution < 1.29 is 9.47 Å². The zero-order valence-corrected chi connectivity index (χ0v) is 8.78. The summed E-state index contributed by atoms with van der Waals surface area (Å²) in [6, 6.07) is 9.52. The lowest BCUT2D eigenvalue weighted by atomic mass is 10.1. The number of benzene rings is 2. The normalized spacial score (nSPS) is 10.3. The molecule has 3 nitrogen and oxygen atoms in total. The molecule has 0 atom stereocenters. The van der Waals surface area contributed by atoms with Crippen molar-refractivity contribution in [1.29, 1.82) is 0 Å². The molecule has 0 heterocycles. The van der Waals surface area contributed by atoms with Gasteiger partial charge in [-0.1, -0.05) is 0 Å². The summed E-state index contributed by atoms with van der Waals surface area (Å²) in [5.41, 5.74) is 6.46. The molecule has 3 heteroatoms. The van der Waals surface area contributed by atoms with E-state index in [1.54, 1.807) is 14.2 Å². The van der Waals surface area contributed by atoms with Crippen LogP contribution in [0.2, 0.25) is 0 Å². The van der Waals surface area contributed by atoms with Crippen LogP contribution in [0.3, 0.4) is 0 Å². The molecule has 2 N–H and O–H groups in total. The van der Waals surface area contributed by atoms with Gasteiger partial charge in [-0.2, -0.15) is 0 Å². The summed E-state index contributed by atoms with van der Waals surface area (Å²) in [5.74, 6) is 1.60. The van der Waals surface area contributed by atoms with Crippen LogP contribution in [0.5, 0.6) is 11.5 Å². The highest BCUT2D eigenvalue weighted by molar-refractivity contribution is 5.92. The number of nitrogens with two attached hydrogens (primary N) is 1. The molecule has 0 saturated carbocycles. The summed E-state index contributed by atoms with van der Waals surface area (Å²) in [4.78, 5) is 0. The number of nitrogen functional groups attached to an aromatic ring is 1. The Hall–Kier alpha value is -1.90. The number of ether oxygens (including phenoxy) is 2. The first kappa shape index (κ1) is 9.65. The van der Waals surface area contributed by atoms with Crippen molar-refractivity contribution in [2.45, 2.75) is 0 Å².